The van der Waals surface area contributed by atoms with Crippen LogP contribution in [0.3, 0.4) is 0 Å². The third kappa shape index (κ3) is 4.57. The van der Waals surface area contributed by atoms with E-state index in [0.717, 1.165) is 12.8 Å². The zero-order chi connectivity index (χ0) is 15.0. The second-order valence-corrected chi connectivity index (χ2v) is 4.48. The average Bonchev–Trinajstić information content (AvgIpc) is 2.46. The Morgan fingerprint density at radius 3 is 2.40 bits per heavy atom. The van der Waals surface area contributed by atoms with E-state index in [4.69, 9.17) is 4.74 Å². The van der Waals surface area contributed by atoms with Crippen LogP contribution in [0, 0.1) is 0 Å². The Hall–Kier alpha value is -2.04. The number of hydrogen-bond acceptors (Lipinski definition) is 3. The summed E-state index contributed by atoms with van der Waals surface area (Å²) in [5.41, 5.74) is 0.552. The normalized spacial score (nSPS) is 9.95. The summed E-state index contributed by atoms with van der Waals surface area (Å²) in [7, 11) is 1.55. The molecule has 0 saturated carbocycles. The van der Waals surface area contributed by atoms with Crippen molar-refractivity contribution in [1.82, 2.24) is 4.90 Å². The lowest BCUT2D eigenvalue weighted by atomic mass is 10.3. The van der Waals surface area contributed by atoms with E-state index < -0.39 is 11.8 Å². The zero-order valence-corrected chi connectivity index (χ0v) is 12.3. The number of nitrogens with one attached hydrogen (secondary N) is 1. The number of amides is 2. The predicted molar refractivity (Wildman–Crippen MR) is 78.8 cm³/mol. The van der Waals surface area contributed by atoms with Gasteiger partial charge < -0.3 is 15.0 Å². The van der Waals surface area contributed by atoms with Gasteiger partial charge in [-0.1, -0.05) is 19.9 Å². The standard InChI is InChI=1S/C15H22N2O3/c1-4-9-17(10-5-2)15(19)14(18)16-12-7-6-8-13(11-12)20-3/h6-8,11H,4-5,9-10H2,1-3H3,(H,16,18). The van der Waals surface area contributed by atoms with Gasteiger partial charge >= 0.3 is 11.8 Å². The van der Waals surface area contributed by atoms with Crippen LogP contribution in [0.25, 0.3) is 0 Å². The minimum Gasteiger partial charge on any atom is -0.497 e. The number of anilines is 1. The summed E-state index contributed by atoms with van der Waals surface area (Å²) in [6.45, 7) is 5.15. The highest BCUT2D eigenvalue weighted by Crippen LogP contribution is 2.16. The quantitative estimate of drug-likeness (QED) is 0.812. The first kappa shape index (κ1) is 16.0. The summed E-state index contributed by atoms with van der Waals surface area (Å²) in [5, 5.41) is 2.60. The van der Waals surface area contributed by atoms with Crippen molar-refractivity contribution in [3.63, 3.8) is 0 Å². The lowest BCUT2D eigenvalue weighted by molar-refractivity contribution is -0.143. The number of carbonyl (C=O) groups excluding carboxylic acids is 2. The number of benzene rings is 1. The molecule has 0 aliphatic rings. The van der Waals surface area contributed by atoms with Crippen LogP contribution >= 0.6 is 0 Å². The molecule has 0 saturated heterocycles. The zero-order valence-electron chi connectivity index (χ0n) is 12.3. The molecule has 0 radical (unpaired) electrons. The number of carbonyl (C=O) groups is 2. The lowest BCUT2D eigenvalue weighted by Crippen LogP contribution is -2.40. The van der Waals surface area contributed by atoms with Gasteiger partial charge in [0.25, 0.3) is 0 Å². The van der Waals surface area contributed by atoms with Gasteiger partial charge in [0, 0.05) is 24.8 Å². The minimum absolute atomic E-state index is 0.489. The molecular formula is C15H22N2O3. The van der Waals surface area contributed by atoms with Crippen molar-refractivity contribution in [2.45, 2.75) is 26.7 Å². The molecule has 0 aromatic heterocycles. The van der Waals surface area contributed by atoms with Gasteiger partial charge in [0.15, 0.2) is 0 Å². The summed E-state index contributed by atoms with van der Waals surface area (Å²) in [6.07, 6.45) is 1.66. The van der Waals surface area contributed by atoms with E-state index in [9.17, 15) is 9.59 Å². The number of ether oxygens (including phenoxy) is 1. The van der Waals surface area contributed by atoms with E-state index in [-0.39, 0.29) is 0 Å². The van der Waals surface area contributed by atoms with Crippen LogP contribution < -0.4 is 10.1 Å². The molecule has 0 spiro atoms. The number of rotatable bonds is 6. The Morgan fingerprint density at radius 2 is 1.85 bits per heavy atom. The average molecular weight is 278 g/mol. The minimum atomic E-state index is -0.611. The number of hydrogen-bond donors (Lipinski definition) is 1. The van der Waals surface area contributed by atoms with Crippen molar-refractivity contribution in [1.29, 1.82) is 0 Å². The fourth-order valence-electron chi connectivity index (χ4n) is 1.88. The highest BCUT2D eigenvalue weighted by Gasteiger charge is 2.20. The summed E-state index contributed by atoms with van der Waals surface area (Å²) in [4.78, 5) is 25.6. The fourth-order valence-corrected chi connectivity index (χ4v) is 1.88. The largest absolute Gasteiger partial charge is 0.497 e. The van der Waals surface area contributed by atoms with Gasteiger partial charge in [0.1, 0.15) is 5.75 Å². The maximum absolute atomic E-state index is 12.1. The van der Waals surface area contributed by atoms with Crippen molar-refractivity contribution in [2.24, 2.45) is 0 Å². The van der Waals surface area contributed by atoms with Crippen molar-refractivity contribution >= 4 is 17.5 Å². The Labute approximate surface area is 119 Å². The summed E-state index contributed by atoms with van der Waals surface area (Å²) < 4.78 is 5.07. The van der Waals surface area contributed by atoms with Gasteiger partial charge in [-0.15, -0.1) is 0 Å². The smallest absolute Gasteiger partial charge is 0.313 e. The van der Waals surface area contributed by atoms with Crippen LogP contribution in [0.4, 0.5) is 5.69 Å². The van der Waals surface area contributed by atoms with Crippen LogP contribution in [0.2, 0.25) is 0 Å². The molecule has 0 aliphatic carbocycles. The van der Waals surface area contributed by atoms with Gasteiger partial charge in [-0.25, -0.2) is 0 Å². The van der Waals surface area contributed by atoms with Crippen LogP contribution in [0.15, 0.2) is 24.3 Å². The third-order valence-electron chi connectivity index (χ3n) is 2.80. The molecule has 1 rings (SSSR count). The predicted octanol–water partition coefficient (Wildman–Crippen LogP) is 2.28. The molecular weight excluding hydrogens is 256 g/mol. The Kier molecular flexibility index (Phi) is 6.56. The van der Waals surface area contributed by atoms with Crippen LogP contribution in [-0.4, -0.2) is 36.9 Å². The molecule has 1 N–H and O–H groups in total. The lowest BCUT2D eigenvalue weighted by Gasteiger charge is -2.20. The van der Waals surface area contributed by atoms with Crippen molar-refractivity contribution < 1.29 is 14.3 Å². The van der Waals surface area contributed by atoms with Gasteiger partial charge in [0.05, 0.1) is 7.11 Å². The van der Waals surface area contributed by atoms with Gasteiger partial charge in [-0.2, -0.15) is 0 Å². The van der Waals surface area contributed by atoms with Gasteiger partial charge in [-0.05, 0) is 25.0 Å². The highest BCUT2D eigenvalue weighted by molar-refractivity contribution is 6.39. The van der Waals surface area contributed by atoms with E-state index in [1.165, 1.54) is 0 Å². The van der Waals surface area contributed by atoms with E-state index in [1.807, 2.05) is 13.8 Å². The molecule has 1 aromatic rings. The molecule has 2 amide bonds. The van der Waals surface area contributed by atoms with E-state index in [0.29, 0.717) is 24.5 Å². The van der Waals surface area contributed by atoms with Crippen LogP contribution in [-0.2, 0) is 9.59 Å². The third-order valence-corrected chi connectivity index (χ3v) is 2.80. The second-order valence-electron chi connectivity index (χ2n) is 4.48. The SMILES string of the molecule is CCCN(CCC)C(=O)C(=O)Nc1cccc(OC)c1. The maximum atomic E-state index is 12.1. The molecule has 110 valence electrons. The molecule has 0 bridgehead atoms. The maximum Gasteiger partial charge on any atom is 0.313 e. The van der Waals surface area contributed by atoms with E-state index in [2.05, 4.69) is 5.32 Å². The topological polar surface area (TPSA) is 58.6 Å². The number of nitrogens with zero attached hydrogens (tertiary/aromatic N) is 1. The molecule has 0 atom stereocenters. The first-order valence-corrected chi connectivity index (χ1v) is 6.86. The Morgan fingerprint density at radius 1 is 1.20 bits per heavy atom. The molecule has 0 aliphatic heterocycles. The first-order valence-electron chi connectivity index (χ1n) is 6.86. The van der Waals surface area contributed by atoms with Gasteiger partial charge in [-0.3, -0.25) is 9.59 Å². The van der Waals surface area contributed by atoms with E-state index >= 15 is 0 Å². The molecule has 0 fully saturated rings. The van der Waals surface area contributed by atoms with Crippen LogP contribution in [0.1, 0.15) is 26.7 Å². The van der Waals surface area contributed by atoms with Crippen LogP contribution in [0.5, 0.6) is 5.75 Å². The Bertz CT molecular complexity index is 454. The monoisotopic (exact) mass is 278 g/mol. The second kappa shape index (κ2) is 8.19. The Balaban J connectivity index is 2.70. The summed E-state index contributed by atoms with van der Waals surface area (Å²) >= 11 is 0. The van der Waals surface area contributed by atoms with Crippen molar-refractivity contribution in [3.8, 4) is 5.75 Å². The molecule has 1 aromatic carbocycles. The first-order chi connectivity index (χ1) is 9.62. The molecule has 5 heteroatoms. The van der Waals surface area contributed by atoms with Gasteiger partial charge in [0.2, 0.25) is 0 Å². The molecule has 20 heavy (non-hydrogen) atoms. The molecule has 0 heterocycles. The number of methoxy groups -OCH3 is 1. The summed E-state index contributed by atoms with van der Waals surface area (Å²) in [6, 6.07) is 6.93. The highest BCUT2D eigenvalue weighted by atomic mass is 16.5. The van der Waals surface area contributed by atoms with Crippen molar-refractivity contribution in [3.05, 3.63) is 24.3 Å². The van der Waals surface area contributed by atoms with E-state index in [1.54, 1.807) is 36.3 Å². The fraction of sp³-hybridized carbons (Fsp3) is 0.467. The summed E-state index contributed by atoms with van der Waals surface area (Å²) in [5.74, 6) is -0.467. The van der Waals surface area contributed by atoms with Crippen molar-refractivity contribution in [2.75, 3.05) is 25.5 Å². The molecule has 5 nitrogen and oxygen atoms in total. The molecule has 0 unspecified atom stereocenters.